The molecule has 0 unspecified atom stereocenters. The predicted octanol–water partition coefficient (Wildman–Crippen LogP) is 8.37. The molecule has 0 atom stereocenters. The van der Waals surface area contributed by atoms with Gasteiger partial charge in [-0.1, -0.05) is 118 Å². The topological polar surface area (TPSA) is 37.4 Å². The molecular weight excluding hydrogens is 450 g/mol. The molecule has 3 nitrogen and oxygen atoms in total. The molecule has 3 aromatic carbocycles. The molecule has 0 heterocycles. The van der Waals surface area contributed by atoms with E-state index in [4.69, 9.17) is 0 Å². The fourth-order valence-corrected chi connectivity index (χ4v) is 5.94. The molecule has 0 N–H and O–H groups in total. The van der Waals surface area contributed by atoms with Crippen LogP contribution in [0.15, 0.2) is 95.5 Å². The van der Waals surface area contributed by atoms with Crippen LogP contribution in [0.3, 0.4) is 0 Å². The molecule has 4 heteroatoms. The van der Waals surface area contributed by atoms with Crippen LogP contribution in [0.1, 0.15) is 75.5 Å². The summed E-state index contributed by atoms with van der Waals surface area (Å²) in [5.41, 5.74) is 5.21. The second-order valence-corrected chi connectivity index (χ2v) is 11.0. The van der Waals surface area contributed by atoms with Crippen molar-refractivity contribution in [3.63, 3.8) is 0 Å². The molecule has 3 rings (SSSR count). The van der Waals surface area contributed by atoms with Crippen molar-refractivity contribution in [1.29, 1.82) is 0 Å². The molecular formula is C31H39NO2S. The van der Waals surface area contributed by atoms with Crippen molar-refractivity contribution < 1.29 is 8.42 Å². The molecule has 0 bridgehead atoms. The zero-order chi connectivity index (χ0) is 25.1. The van der Waals surface area contributed by atoms with E-state index in [9.17, 15) is 8.42 Å². The monoisotopic (exact) mass is 489 g/mol. The van der Waals surface area contributed by atoms with E-state index in [1.807, 2.05) is 67.6 Å². The lowest BCUT2D eigenvalue weighted by molar-refractivity contribution is 0.457. The zero-order valence-corrected chi connectivity index (χ0v) is 22.2. The van der Waals surface area contributed by atoms with Gasteiger partial charge in [-0.15, -0.1) is 0 Å². The molecule has 0 aliphatic rings. The number of nitrogens with zero attached hydrogens (tertiary/aromatic N) is 1. The minimum absolute atomic E-state index is 0.317. The Bertz CT molecular complexity index is 1170. The molecule has 0 spiro atoms. The summed E-state index contributed by atoms with van der Waals surface area (Å²) >= 11 is 0. The average Bonchev–Trinajstić information content (AvgIpc) is 2.88. The predicted molar refractivity (Wildman–Crippen MR) is 147 cm³/mol. The summed E-state index contributed by atoms with van der Waals surface area (Å²) < 4.78 is 30.0. The Hall–Kier alpha value is -2.85. The first-order valence-corrected chi connectivity index (χ1v) is 14.3. The SMILES string of the molecule is CCCCCC/C(=C(/CCC)N(Cc1ccccc1)S(=O)(=O)c1ccc(C)cc1)c1ccccc1. The normalized spacial score (nSPS) is 12.3. The lowest BCUT2D eigenvalue weighted by atomic mass is 9.95. The van der Waals surface area contributed by atoms with Gasteiger partial charge in [-0.05, 0) is 55.0 Å². The van der Waals surface area contributed by atoms with Gasteiger partial charge in [0.15, 0.2) is 0 Å². The van der Waals surface area contributed by atoms with Gasteiger partial charge < -0.3 is 0 Å². The highest BCUT2D eigenvalue weighted by Crippen LogP contribution is 2.34. The van der Waals surface area contributed by atoms with Gasteiger partial charge in [-0.3, -0.25) is 4.31 Å². The van der Waals surface area contributed by atoms with E-state index in [1.54, 1.807) is 16.4 Å². The highest BCUT2D eigenvalue weighted by atomic mass is 32.2. The Kier molecular flexibility index (Phi) is 10.2. The number of aryl methyl sites for hydroxylation is 1. The van der Waals surface area contributed by atoms with Gasteiger partial charge in [0.2, 0.25) is 0 Å². The number of hydrogen-bond acceptors (Lipinski definition) is 2. The van der Waals surface area contributed by atoms with Gasteiger partial charge in [0.25, 0.3) is 10.0 Å². The summed E-state index contributed by atoms with van der Waals surface area (Å²) in [6, 6.07) is 27.5. The van der Waals surface area contributed by atoms with E-state index in [0.717, 1.165) is 53.6 Å². The van der Waals surface area contributed by atoms with Gasteiger partial charge in [-0.2, -0.15) is 0 Å². The maximum absolute atomic E-state index is 14.2. The van der Waals surface area contributed by atoms with Gasteiger partial charge in [-0.25, -0.2) is 8.42 Å². The Morgan fingerprint density at radius 1 is 0.714 bits per heavy atom. The maximum Gasteiger partial charge on any atom is 0.264 e. The van der Waals surface area contributed by atoms with E-state index in [2.05, 4.69) is 26.0 Å². The molecule has 0 radical (unpaired) electrons. The average molecular weight is 490 g/mol. The summed E-state index contributed by atoms with van der Waals surface area (Å²) in [4.78, 5) is 0.339. The minimum Gasteiger partial charge on any atom is -0.265 e. The molecule has 35 heavy (non-hydrogen) atoms. The summed E-state index contributed by atoms with van der Waals surface area (Å²) in [5, 5.41) is 0. The fraction of sp³-hybridized carbons (Fsp3) is 0.355. The highest BCUT2D eigenvalue weighted by molar-refractivity contribution is 7.89. The molecule has 3 aromatic rings. The minimum atomic E-state index is -3.75. The second-order valence-electron chi connectivity index (χ2n) is 9.16. The maximum atomic E-state index is 14.2. The lowest BCUT2D eigenvalue weighted by Crippen LogP contribution is -2.31. The molecule has 186 valence electrons. The van der Waals surface area contributed by atoms with Gasteiger partial charge >= 0.3 is 0 Å². The molecule has 0 amide bonds. The first kappa shape index (κ1) is 26.7. The van der Waals surface area contributed by atoms with E-state index < -0.39 is 10.0 Å². The smallest absolute Gasteiger partial charge is 0.264 e. The first-order chi connectivity index (χ1) is 17.0. The number of unbranched alkanes of at least 4 members (excludes halogenated alkanes) is 3. The summed E-state index contributed by atoms with van der Waals surface area (Å²) in [5.74, 6) is 0. The lowest BCUT2D eigenvalue weighted by Gasteiger charge is -2.30. The Balaban J connectivity index is 2.19. The van der Waals surface area contributed by atoms with E-state index >= 15 is 0 Å². The van der Waals surface area contributed by atoms with Crippen molar-refractivity contribution in [2.45, 2.75) is 77.2 Å². The number of hydrogen-bond donors (Lipinski definition) is 0. The fourth-order valence-electron chi connectivity index (χ4n) is 4.40. The van der Waals surface area contributed by atoms with Crippen LogP contribution in [0.25, 0.3) is 5.57 Å². The number of benzene rings is 3. The van der Waals surface area contributed by atoms with Crippen molar-refractivity contribution in [2.24, 2.45) is 0 Å². The molecule has 0 aliphatic heterocycles. The van der Waals surface area contributed by atoms with Crippen molar-refractivity contribution in [3.8, 4) is 0 Å². The van der Waals surface area contributed by atoms with E-state index in [1.165, 1.54) is 12.8 Å². The van der Waals surface area contributed by atoms with Crippen LogP contribution in [0.4, 0.5) is 0 Å². The molecule has 0 fully saturated rings. The Labute approximate surface area is 212 Å². The number of allylic oxidation sites excluding steroid dienone is 2. The van der Waals surface area contributed by atoms with Crippen LogP contribution < -0.4 is 0 Å². The van der Waals surface area contributed by atoms with Crippen LogP contribution >= 0.6 is 0 Å². The second kappa shape index (κ2) is 13.3. The Morgan fingerprint density at radius 3 is 1.94 bits per heavy atom. The van der Waals surface area contributed by atoms with Gasteiger partial charge in [0.05, 0.1) is 11.4 Å². The van der Waals surface area contributed by atoms with Crippen LogP contribution in [0.2, 0.25) is 0 Å². The van der Waals surface area contributed by atoms with Crippen molar-refractivity contribution in [2.75, 3.05) is 0 Å². The first-order valence-electron chi connectivity index (χ1n) is 12.9. The van der Waals surface area contributed by atoms with Crippen molar-refractivity contribution in [3.05, 3.63) is 107 Å². The van der Waals surface area contributed by atoms with Crippen LogP contribution in [-0.2, 0) is 16.6 Å². The third kappa shape index (κ3) is 7.32. The van der Waals surface area contributed by atoms with E-state index in [-0.39, 0.29) is 0 Å². The quantitative estimate of drug-likeness (QED) is 0.226. The largest absolute Gasteiger partial charge is 0.265 e. The van der Waals surface area contributed by atoms with Crippen LogP contribution in [0.5, 0.6) is 0 Å². The summed E-state index contributed by atoms with van der Waals surface area (Å²) in [7, 11) is -3.75. The van der Waals surface area contributed by atoms with Crippen LogP contribution in [0, 0.1) is 6.92 Å². The van der Waals surface area contributed by atoms with E-state index in [0.29, 0.717) is 17.9 Å². The zero-order valence-electron chi connectivity index (χ0n) is 21.4. The molecule has 0 saturated heterocycles. The molecule has 0 saturated carbocycles. The van der Waals surface area contributed by atoms with Crippen LogP contribution in [-0.4, -0.2) is 12.7 Å². The molecule has 0 aliphatic carbocycles. The molecule has 0 aromatic heterocycles. The summed E-state index contributed by atoms with van der Waals surface area (Å²) in [6.45, 7) is 6.63. The van der Waals surface area contributed by atoms with Crippen molar-refractivity contribution in [1.82, 2.24) is 4.31 Å². The number of rotatable bonds is 13. The van der Waals surface area contributed by atoms with Crippen molar-refractivity contribution >= 4 is 15.6 Å². The third-order valence-corrected chi connectivity index (χ3v) is 8.11. The summed E-state index contributed by atoms with van der Waals surface area (Å²) in [6.07, 6.45) is 7.01. The highest BCUT2D eigenvalue weighted by Gasteiger charge is 2.29. The standard InChI is InChI=1S/C31H39NO2S/c1-4-6-7-14-20-30(28-18-12-9-13-19-28)31(15-5-2)32(25-27-16-10-8-11-17-27)35(33,34)29-23-21-26(3)22-24-29/h8-13,16-19,21-24H,4-7,14-15,20,25H2,1-3H3/b31-30+. The third-order valence-electron chi connectivity index (χ3n) is 6.32. The Morgan fingerprint density at radius 2 is 1.34 bits per heavy atom. The van der Waals surface area contributed by atoms with Gasteiger partial charge in [0.1, 0.15) is 0 Å². The van der Waals surface area contributed by atoms with Gasteiger partial charge in [0, 0.05) is 5.70 Å². The number of sulfonamides is 1.